The highest BCUT2D eigenvalue weighted by Gasteiger charge is 2.29. The number of nitrogens with zero attached hydrogens (tertiary/aromatic N) is 1. The van der Waals surface area contributed by atoms with Crippen LogP contribution in [0.4, 0.5) is 0 Å². The molecule has 3 atom stereocenters. The second-order valence-corrected chi connectivity index (χ2v) is 6.84. The summed E-state index contributed by atoms with van der Waals surface area (Å²) in [5, 5.41) is 10.5. The fraction of sp³-hybridized carbons (Fsp3) is 0.474. The van der Waals surface area contributed by atoms with E-state index in [4.69, 9.17) is 0 Å². The highest BCUT2D eigenvalue weighted by Crippen LogP contribution is 2.39. The number of rotatable bonds is 4. The largest absolute Gasteiger partial charge is 0.349 e. The van der Waals surface area contributed by atoms with E-state index in [0.29, 0.717) is 12.3 Å². The molecule has 1 aliphatic carbocycles. The van der Waals surface area contributed by atoms with Gasteiger partial charge < -0.3 is 5.32 Å². The molecule has 0 fully saturated rings. The van der Waals surface area contributed by atoms with Gasteiger partial charge in [0.25, 0.3) is 0 Å². The molecule has 0 radical (unpaired) electrons. The van der Waals surface area contributed by atoms with Crippen molar-refractivity contribution in [2.45, 2.75) is 58.4 Å². The number of fused-ring (bicyclic) bond motifs is 1. The molecule has 3 rings (SSSR count). The van der Waals surface area contributed by atoms with Crippen molar-refractivity contribution in [1.29, 1.82) is 0 Å². The Kier molecular flexibility index (Phi) is 4.24. The van der Waals surface area contributed by atoms with Crippen molar-refractivity contribution in [3.8, 4) is 0 Å². The number of carbonyl (C=O) groups excluding carboxylic acids is 1. The lowest BCUT2D eigenvalue weighted by Crippen LogP contribution is -2.28. The maximum absolute atomic E-state index is 12.5. The van der Waals surface area contributed by atoms with Gasteiger partial charge in [-0.3, -0.25) is 9.89 Å². The quantitative estimate of drug-likeness (QED) is 0.900. The molecule has 122 valence electrons. The SMILES string of the molecule is Cc1n[nH]c(C)c1[C@H](C)CC(=O)N[C@@H]1C[C@H](C)c2ccccc21. The van der Waals surface area contributed by atoms with Crippen LogP contribution in [0.1, 0.15) is 72.6 Å². The first-order chi connectivity index (χ1) is 11.0. The number of hydrogen-bond donors (Lipinski definition) is 2. The standard InChI is InChI=1S/C19H25N3O/c1-11-9-17(16-8-6-5-7-15(11)16)20-18(23)10-12(2)19-13(3)21-22-14(19)4/h5-8,11-12,17H,9-10H2,1-4H3,(H,20,23)(H,21,22)/t11-,12+,17+/m0/s1. The summed E-state index contributed by atoms with van der Waals surface area (Å²) in [6, 6.07) is 8.58. The van der Waals surface area contributed by atoms with Crippen LogP contribution in [-0.4, -0.2) is 16.1 Å². The molecule has 0 saturated carbocycles. The number of amides is 1. The minimum atomic E-state index is 0.117. The highest BCUT2D eigenvalue weighted by molar-refractivity contribution is 5.77. The molecular weight excluding hydrogens is 286 g/mol. The summed E-state index contributed by atoms with van der Waals surface area (Å²) >= 11 is 0. The molecule has 1 aliphatic rings. The zero-order chi connectivity index (χ0) is 16.6. The molecule has 1 aromatic carbocycles. The Balaban J connectivity index is 1.67. The van der Waals surface area contributed by atoms with Crippen molar-refractivity contribution >= 4 is 5.91 Å². The number of aromatic nitrogens is 2. The van der Waals surface area contributed by atoms with E-state index in [-0.39, 0.29) is 17.9 Å². The molecule has 4 nitrogen and oxygen atoms in total. The van der Waals surface area contributed by atoms with Crippen LogP contribution >= 0.6 is 0 Å². The number of carbonyl (C=O) groups is 1. The van der Waals surface area contributed by atoms with Gasteiger partial charge in [0.15, 0.2) is 0 Å². The lowest BCUT2D eigenvalue weighted by molar-refractivity contribution is -0.122. The predicted molar refractivity (Wildman–Crippen MR) is 91.5 cm³/mol. The summed E-state index contributed by atoms with van der Waals surface area (Å²) < 4.78 is 0. The first-order valence-corrected chi connectivity index (χ1v) is 8.37. The first-order valence-electron chi connectivity index (χ1n) is 8.37. The number of nitrogens with one attached hydrogen (secondary N) is 2. The van der Waals surface area contributed by atoms with Crippen LogP contribution in [0.3, 0.4) is 0 Å². The molecule has 0 aliphatic heterocycles. The minimum absolute atomic E-state index is 0.117. The Morgan fingerprint density at radius 2 is 2.04 bits per heavy atom. The smallest absolute Gasteiger partial charge is 0.221 e. The van der Waals surface area contributed by atoms with Gasteiger partial charge in [0, 0.05) is 12.1 Å². The Morgan fingerprint density at radius 3 is 2.70 bits per heavy atom. The molecule has 0 bridgehead atoms. The Bertz CT molecular complexity index is 700. The van der Waals surface area contributed by atoms with Gasteiger partial charge in [-0.25, -0.2) is 0 Å². The summed E-state index contributed by atoms with van der Waals surface area (Å²) in [4.78, 5) is 12.5. The topological polar surface area (TPSA) is 57.8 Å². The Labute approximate surface area is 137 Å². The van der Waals surface area contributed by atoms with Crippen LogP contribution < -0.4 is 5.32 Å². The molecule has 4 heteroatoms. The summed E-state index contributed by atoms with van der Waals surface area (Å²) in [6.45, 7) is 8.32. The molecule has 2 aromatic rings. The lowest BCUT2D eigenvalue weighted by Gasteiger charge is -2.17. The van der Waals surface area contributed by atoms with E-state index in [0.717, 1.165) is 17.8 Å². The van der Waals surface area contributed by atoms with Crippen molar-refractivity contribution in [3.05, 3.63) is 52.3 Å². The molecule has 1 aromatic heterocycles. The number of benzene rings is 1. The normalized spacial score (nSPS) is 21.0. The second kappa shape index (κ2) is 6.19. The van der Waals surface area contributed by atoms with Gasteiger partial charge >= 0.3 is 0 Å². The maximum atomic E-state index is 12.5. The number of aromatic amines is 1. The van der Waals surface area contributed by atoms with E-state index in [1.165, 1.54) is 16.7 Å². The van der Waals surface area contributed by atoms with Crippen molar-refractivity contribution in [2.24, 2.45) is 0 Å². The van der Waals surface area contributed by atoms with E-state index in [9.17, 15) is 4.79 Å². The van der Waals surface area contributed by atoms with Crippen molar-refractivity contribution < 1.29 is 4.79 Å². The van der Waals surface area contributed by atoms with Crippen LogP contribution in [0.25, 0.3) is 0 Å². The summed E-state index contributed by atoms with van der Waals surface area (Å²) in [5.74, 6) is 0.793. The molecule has 0 spiro atoms. The van der Waals surface area contributed by atoms with Crippen molar-refractivity contribution in [1.82, 2.24) is 15.5 Å². The van der Waals surface area contributed by atoms with Gasteiger partial charge in [-0.2, -0.15) is 5.10 Å². The van der Waals surface area contributed by atoms with Crippen molar-refractivity contribution in [3.63, 3.8) is 0 Å². The average Bonchev–Trinajstić information content (AvgIpc) is 3.00. The molecule has 23 heavy (non-hydrogen) atoms. The fourth-order valence-corrected chi connectivity index (χ4v) is 3.94. The summed E-state index contributed by atoms with van der Waals surface area (Å²) in [6.07, 6.45) is 1.48. The van der Waals surface area contributed by atoms with Gasteiger partial charge in [0.2, 0.25) is 5.91 Å². The fourth-order valence-electron chi connectivity index (χ4n) is 3.94. The number of aryl methyl sites for hydroxylation is 2. The third-order valence-corrected chi connectivity index (χ3v) is 5.00. The van der Waals surface area contributed by atoms with E-state index in [1.54, 1.807) is 0 Å². The lowest BCUT2D eigenvalue weighted by atomic mass is 9.95. The molecule has 1 heterocycles. The maximum Gasteiger partial charge on any atom is 0.221 e. The predicted octanol–water partition coefficient (Wildman–Crippen LogP) is 3.88. The van der Waals surface area contributed by atoms with Gasteiger partial charge in [0.1, 0.15) is 0 Å². The van der Waals surface area contributed by atoms with Crippen LogP contribution in [0.15, 0.2) is 24.3 Å². The van der Waals surface area contributed by atoms with E-state index in [2.05, 4.69) is 53.6 Å². The molecule has 0 unspecified atom stereocenters. The molecule has 2 N–H and O–H groups in total. The van der Waals surface area contributed by atoms with Gasteiger partial charge in [-0.05, 0) is 48.8 Å². The van der Waals surface area contributed by atoms with Gasteiger partial charge in [-0.1, -0.05) is 38.1 Å². The Morgan fingerprint density at radius 1 is 1.35 bits per heavy atom. The molecule has 0 saturated heterocycles. The van der Waals surface area contributed by atoms with E-state index in [1.807, 2.05) is 13.8 Å². The zero-order valence-corrected chi connectivity index (χ0v) is 14.3. The monoisotopic (exact) mass is 311 g/mol. The summed E-state index contributed by atoms with van der Waals surface area (Å²) in [7, 11) is 0. The minimum Gasteiger partial charge on any atom is -0.349 e. The number of hydrogen-bond acceptors (Lipinski definition) is 2. The third kappa shape index (κ3) is 3.03. The van der Waals surface area contributed by atoms with Crippen LogP contribution in [0.5, 0.6) is 0 Å². The second-order valence-electron chi connectivity index (χ2n) is 6.84. The highest BCUT2D eigenvalue weighted by atomic mass is 16.1. The van der Waals surface area contributed by atoms with E-state index >= 15 is 0 Å². The van der Waals surface area contributed by atoms with E-state index < -0.39 is 0 Å². The average molecular weight is 311 g/mol. The van der Waals surface area contributed by atoms with Gasteiger partial charge in [-0.15, -0.1) is 0 Å². The van der Waals surface area contributed by atoms with Crippen LogP contribution in [-0.2, 0) is 4.79 Å². The molecule has 1 amide bonds. The van der Waals surface area contributed by atoms with Crippen LogP contribution in [0.2, 0.25) is 0 Å². The third-order valence-electron chi connectivity index (χ3n) is 5.00. The van der Waals surface area contributed by atoms with Gasteiger partial charge in [0.05, 0.1) is 11.7 Å². The first kappa shape index (κ1) is 15.8. The number of H-pyrrole nitrogens is 1. The Hall–Kier alpha value is -2.10. The summed E-state index contributed by atoms with van der Waals surface area (Å²) in [5.41, 5.74) is 5.86. The van der Waals surface area contributed by atoms with Crippen molar-refractivity contribution in [2.75, 3.05) is 0 Å². The molecular formula is C19H25N3O. The van der Waals surface area contributed by atoms with Crippen LogP contribution in [0, 0.1) is 13.8 Å². The zero-order valence-electron chi connectivity index (χ0n) is 14.3.